The highest BCUT2D eigenvalue weighted by Crippen LogP contribution is 2.36. The van der Waals surface area contributed by atoms with Crippen LogP contribution in [0.4, 0.5) is 0 Å². The minimum atomic E-state index is 0. The second kappa shape index (κ2) is 12.5. The Morgan fingerprint density at radius 1 is 1.38 bits per heavy atom. The van der Waals surface area contributed by atoms with Crippen LogP contribution in [0.15, 0.2) is 41.0 Å². The Hall–Kier alpha value is -1.13. The third-order valence-electron chi connectivity index (χ3n) is 5.34. The van der Waals surface area contributed by atoms with E-state index in [4.69, 9.17) is 4.99 Å². The summed E-state index contributed by atoms with van der Waals surface area (Å²) in [5.74, 6) is 1.96. The van der Waals surface area contributed by atoms with Gasteiger partial charge in [-0.15, -0.1) is 35.3 Å². The summed E-state index contributed by atoms with van der Waals surface area (Å²) in [6.45, 7) is 9.02. The number of aromatic nitrogens is 2. The van der Waals surface area contributed by atoms with Gasteiger partial charge in [0.05, 0.1) is 0 Å². The summed E-state index contributed by atoms with van der Waals surface area (Å²) in [7, 11) is 2.26. The van der Waals surface area contributed by atoms with Crippen LogP contribution in [0.25, 0.3) is 0 Å². The Kier molecular flexibility index (Phi) is 10.4. The van der Waals surface area contributed by atoms with Gasteiger partial charge in [0.1, 0.15) is 0 Å². The van der Waals surface area contributed by atoms with Crippen LogP contribution in [0.1, 0.15) is 37.6 Å². The van der Waals surface area contributed by atoms with Gasteiger partial charge in [-0.3, -0.25) is 14.6 Å². The Morgan fingerprint density at radius 3 is 2.93 bits per heavy atom. The summed E-state index contributed by atoms with van der Waals surface area (Å²) < 4.78 is 1.98. The summed E-state index contributed by atoms with van der Waals surface area (Å²) in [6.07, 6.45) is 6.36. The first-order chi connectivity index (χ1) is 13.7. The molecule has 0 saturated carbocycles. The van der Waals surface area contributed by atoms with Gasteiger partial charge in [0, 0.05) is 49.5 Å². The van der Waals surface area contributed by atoms with Gasteiger partial charge in [-0.05, 0) is 62.7 Å². The molecular formula is C21H35IN6S. The van der Waals surface area contributed by atoms with E-state index in [0.29, 0.717) is 17.9 Å². The molecule has 3 rings (SSSR count). The highest BCUT2D eigenvalue weighted by atomic mass is 127. The van der Waals surface area contributed by atoms with Crippen molar-refractivity contribution in [3.63, 3.8) is 0 Å². The Balaban J connectivity index is 0.00000300. The number of guanidine groups is 1. The van der Waals surface area contributed by atoms with Crippen LogP contribution in [-0.4, -0.2) is 53.9 Å². The molecule has 0 aliphatic carbocycles. The zero-order chi connectivity index (χ0) is 19.8. The minimum absolute atomic E-state index is 0. The molecule has 0 radical (unpaired) electrons. The SMILES string of the molecule is CCNC(=NCC(C)Cn1cccn1)NCC1CCCN(C)C1c1cccs1.I. The van der Waals surface area contributed by atoms with Crippen molar-refractivity contribution in [2.45, 2.75) is 39.3 Å². The minimum Gasteiger partial charge on any atom is -0.357 e. The highest BCUT2D eigenvalue weighted by molar-refractivity contribution is 14.0. The smallest absolute Gasteiger partial charge is 0.191 e. The van der Waals surface area contributed by atoms with Crippen LogP contribution >= 0.6 is 35.3 Å². The molecule has 2 aromatic heterocycles. The zero-order valence-corrected chi connectivity index (χ0v) is 20.9. The van der Waals surface area contributed by atoms with E-state index in [1.807, 2.05) is 34.5 Å². The fourth-order valence-corrected chi connectivity index (χ4v) is 4.97. The summed E-state index contributed by atoms with van der Waals surface area (Å²) in [4.78, 5) is 8.81. The molecule has 0 aromatic carbocycles. The fourth-order valence-electron chi connectivity index (χ4n) is 3.98. The van der Waals surface area contributed by atoms with Crippen molar-refractivity contribution in [1.82, 2.24) is 25.3 Å². The highest BCUT2D eigenvalue weighted by Gasteiger charge is 2.31. The standard InChI is InChI=1S/C21H34N6S.HI/c1-4-22-21(23-14-17(2)16-27-12-7-10-25-27)24-15-18-8-5-11-26(3)20(18)19-9-6-13-28-19;/h6-7,9-10,12-13,17-18,20H,4-5,8,11,14-16H2,1-3H3,(H2,22,23,24);1H. The number of nitrogens with one attached hydrogen (secondary N) is 2. The predicted molar refractivity (Wildman–Crippen MR) is 133 cm³/mol. The van der Waals surface area contributed by atoms with Crippen LogP contribution < -0.4 is 10.6 Å². The van der Waals surface area contributed by atoms with Crippen molar-refractivity contribution in [2.75, 3.05) is 33.2 Å². The van der Waals surface area contributed by atoms with E-state index in [2.05, 4.69) is 59.0 Å². The van der Waals surface area contributed by atoms with E-state index in [0.717, 1.165) is 32.1 Å². The molecular weight excluding hydrogens is 495 g/mol. The lowest BCUT2D eigenvalue weighted by Gasteiger charge is -2.39. The lowest BCUT2D eigenvalue weighted by Crippen LogP contribution is -2.45. The molecule has 6 nitrogen and oxygen atoms in total. The van der Waals surface area contributed by atoms with Crippen molar-refractivity contribution < 1.29 is 0 Å². The Bertz CT molecular complexity index is 703. The number of piperidine rings is 1. The molecule has 0 amide bonds. The van der Waals surface area contributed by atoms with Crippen LogP contribution in [0.2, 0.25) is 0 Å². The van der Waals surface area contributed by atoms with Crippen LogP contribution in [0, 0.1) is 11.8 Å². The molecule has 2 aromatic rings. The van der Waals surface area contributed by atoms with E-state index >= 15 is 0 Å². The van der Waals surface area contributed by atoms with Gasteiger partial charge in [0.15, 0.2) is 5.96 Å². The maximum Gasteiger partial charge on any atom is 0.191 e. The number of rotatable bonds is 8. The van der Waals surface area contributed by atoms with Crippen molar-refractivity contribution in [1.29, 1.82) is 0 Å². The number of hydrogen-bond donors (Lipinski definition) is 2. The number of likely N-dealkylation sites (tertiary alicyclic amines) is 1. The first-order valence-corrected chi connectivity index (χ1v) is 11.3. The number of thiophene rings is 1. The monoisotopic (exact) mass is 530 g/mol. The molecule has 1 saturated heterocycles. The van der Waals surface area contributed by atoms with Crippen LogP contribution in [0.5, 0.6) is 0 Å². The van der Waals surface area contributed by atoms with E-state index < -0.39 is 0 Å². The molecule has 162 valence electrons. The fraction of sp³-hybridized carbons (Fsp3) is 0.619. The lowest BCUT2D eigenvalue weighted by molar-refractivity contribution is 0.125. The molecule has 3 atom stereocenters. The number of aliphatic imine (C=N–C) groups is 1. The summed E-state index contributed by atoms with van der Waals surface area (Å²) in [5, 5.41) is 13.5. The molecule has 29 heavy (non-hydrogen) atoms. The molecule has 1 aliphatic rings. The largest absolute Gasteiger partial charge is 0.357 e. The average Bonchev–Trinajstić information content (AvgIpc) is 3.38. The van der Waals surface area contributed by atoms with Crippen LogP contribution in [-0.2, 0) is 6.54 Å². The van der Waals surface area contributed by atoms with E-state index in [-0.39, 0.29) is 24.0 Å². The first-order valence-electron chi connectivity index (χ1n) is 10.4. The average molecular weight is 531 g/mol. The predicted octanol–water partition coefficient (Wildman–Crippen LogP) is 3.84. The van der Waals surface area contributed by atoms with Crippen molar-refractivity contribution in [2.24, 2.45) is 16.8 Å². The summed E-state index contributed by atoms with van der Waals surface area (Å²) in [5.41, 5.74) is 0. The van der Waals surface area contributed by atoms with Gasteiger partial charge in [0.2, 0.25) is 0 Å². The Morgan fingerprint density at radius 2 is 2.24 bits per heavy atom. The quantitative estimate of drug-likeness (QED) is 0.310. The van der Waals surface area contributed by atoms with Gasteiger partial charge in [-0.2, -0.15) is 5.10 Å². The van der Waals surface area contributed by atoms with E-state index in [9.17, 15) is 0 Å². The topological polar surface area (TPSA) is 57.5 Å². The van der Waals surface area contributed by atoms with Gasteiger partial charge in [-0.1, -0.05) is 13.0 Å². The molecule has 3 unspecified atom stereocenters. The number of nitrogens with zero attached hydrogens (tertiary/aromatic N) is 4. The van der Waals surface area contributed by atoms with E-state index in [1.165, 1.54) is 24.3 Å². The molecule has 0 bridgehead atoms. The number of hydrogen-bond acceptors (Lipinski definition) is 4. The number of halogens is 1. The van der Waals surface area contributed by atoms with Gasteiger partial charge < -0.3 is 10.6 Å². The van der Waals surface area contributed by atoms with Crippen molar-refractivity contribution >= 4 is 41.3 Å². The molecule has 0 spiro atoms. The molecule has 8 heteroatoms. The second-order valence-corrected chi connectivity index (χ2v) is 8.76. The van der Waals surface area contributed by atoms with Crippen LogP contribution in [0.3, 0.4) is 0 Å². The molecule has 1 aliphatic heterocycles. The molecule has 2 N–H and O–H groups in total. The molecule has 3 heterocycles. The van der Waals surface area contributed by atoms with E-state index in [1.54, 1.807) is 0 Å². The third-order valence-corrected chi connectivity index (χ3v) is 6.28. The zero-order valence-electron chi connectivity index (χ0n) is 17.8. The van der Waals surface area contributed by atoms with Crippen molar-refractivity contribution in [3.8, 4) is 0 Å². The normalized spacial score (nSPS) is 21.4. The van der Waals surface area contributed by atoms with Gasteiger partial charge in [-0.25, -0.2) is 0 Å². The van der Waals surface area contributed by atoms with Gasteiger partial charge in [0.25, 0.3) is 0 Å². The summed E-state index contributed by atoms with van der Waals surface area (Å²) in [6, 6.07) is 6.91. The second-order valence-electron chi connectivity index (χ2n) is 7.78. The maximum absolute atomic E-state index is 4.83. The summed E-state index contributed by atoms with van der Waals surface area (Å²) >= 11 is 1.87. The van der Waals surface area contributed by atoms with Gasteiger partial charge >= 0.3 is 0 Å². The Labute approximate surface area is 196 Å². The maximum atomic E-state index is 4.83. The van der Waals surface area contributed by atoms with Crippen molar-refractivity contribution in [3.05, 3.63) is 40.8 Å². The first kappa shape index (κ1) is 24.1. The molecule has 1 fully saturated rings. The third kappa shape index (κ3) is 7.25. The lowest BCUT2D eigenvalue weighted by atomic mass is 9.88.